The number of aliphatic carboxylic acids is 1. The second kappa shape index (κ2) is 8.26. The number of anilines is 1. The van der Waals surface area contributed by atoms with Crippen LogP contribution in [0.3, 0.4) is 0 Å². The number of benzene rings is 1. The van der Waals surface area contributed by atoms with E-state index in [9.17, 15) is 14.4 Å². The molecule has 0 saturated carbocycles. The van der Waals surface area contributed by atoms with Gasteiger partial charge in [-0.1, -0.05) is 37.3 Å². The van der Waals surface area contributed by atoms with Crippen LogP contribution in [0.4, 0.5) is 5.00 Å². The maximum Gasteiger partial charge on any atom is 0.305 e. The van der Waals surface area contributed by atoms with Gasteiger partial charge in [-0.25, -0.2) is 0 Å². The van der Waals surface area contributed by atoms with E-state index in [2.05, 4.69) is 10.6 Å². The van der Waals surface area contributed by atoms with Crippen molar-refractivity contribution in [2.24, 2.45) is 0 Å². The van der Waals surface area contributed by atoms with E-state index in [1.54, 1.807) is 13.0 Å². The number of carboxylic acids is 1. The Morgan fingerprint density at radius 1 is 1.17 bits per heavy atom. The third kappa shape index (κ3) is 4.66. The molecule has 7 heteroatoms. The zero-order valence-electron chi connectivity index (χ0n) is 13.2. The molecule has 0 unspecified atom stereocenters. The third-order valence-corrected chi connectivity index (χ3v) is 4.33. The molecule has 0 fully saturated rings. The van der Waals surface area contributed by atoms with Crippen LogP contribution in [0.25, 0.3) is 10.4 Å². The fraction of sp³-hybridized carbons (Fsp3) is 0.235. The minimum Gasteiger partial charge on any atom is -0.481 e. The first-order chi connectivity index (χ1) is 11.5. The van der Waals surface area contributed by atoms with Gasteiger partial charge in [-0.05, 0) is 11.6 Å². The summed E-state index contributed by atoms with van der Waals surface area (Å²) in [6.45, 7) is 1.76. The molecule has 0 bridgehead atoms. The van der Waals surface area contributed by atoms with Crippen LogP contribution >= 0.6 is 11.3 Å². The summed E-state index contributed by atoms with van der Waals surface area (Å²) in [5, 5.41) is 14.4. The minimum absolute atomic E-state index is 0.0336. The highest BCUT2D eigenvalue weighted by Crippen LogP contribution is 2.35. The van der Waals surface area contributed by atoms with E-state index in [0.29, 0.717) is 17.0 Å². The van der Waals surface area contributed by atoms with E-state index in [1.807, 2.05) is 30.3 Å². The lowest BCUT2D eigenvalue weighted by Gasteiger charge is -2.05. The van der Waals surface area contributed by atoms with Gasteiger partial charge in [0.2, 0.25) is 5.91 Å². The molecule has 0 aliphatic rings. The quantitative estimate of drug-likeness (QED) is 0.718. The number of carboxylic acid groups (broad SMARTS) is 1. The van der Waals surface area contributed by atoms with Gasteiger partial charge < -0.3 is 15.7 Å². The average Bonchev–Trinajstić information content (AvgIpc) is 2.99. The largest absolute Gasteiger partial charge is 0.481 e. The highest BCUT2D eigenvalue weighted by molar-refractivity contribution is 7.20. The van der Waals surface area contributed by atoms with Crippen molar-refractivity contribution in [2.45, 2.75) is 19.8 Å². The summed E-state index contributed by atoms with van der Waals surface area (Å²) in [7, 11) is 0. The maximum absolute atomic E-state index is 12.3. The molecule has 0 saturated heterocycles. The van der Waals surface area contributed by atoms with Gasteiger partial charge in [0.1, 0.15) is 5.00 Å². The molecule has 2 rings (SSSR count). The summed E-state index contributed by atoms with van der Waals surface area (Å²) in [5.41, 5.74) is 1.28. The second-order valence-corrected chi connectivity index (χ2v) is 6.07. The smallest absolute Gasteiger partial charge is 0.305 e. The summed E-state index contributed by atoms with van der Waals surface area (Å²) in [5.74, 6) is -1.57. The predicted molar refractivity (Wildman–Crippen MR) is 93.3 cm³/mol. The van der Waals surface area contributed by atoms with Gasteiger partial charge in [-0.15, -0.1) is 11.3 Å². The molecular formula is C17H18N2O4S. The van der Waals surface area contributed by atoms with Gasteiger partial charge in [0, 0.05) is 17.8 Å². The van der Waals surface area contributed by atoms with E-state index < -0.39 is 11.9 Å². The molecule has 0 spiro atoms. The van der Waals surface area contributed by atoms with Crippen molar-refractivity contribution in [1.82, 2.24) is 5.32 Å². The molecule has 1 aromatic carbocycles. The number of rotatable bonds is 7. The topological polar surface area (TPSA) is 95.5 Å². The first kappa shape index (κ1) is 17.7. The molecule has 3 N–H and O–H groups in total. The zero-order chi connectivity index (χ0) is 17.5. The predicted octanol–water partition coefficient (Wildman–Crippen LogP) is 2.97. The minimum atomic E-state index is -0.981. The van der Waals surface area contributed by atoms with E-state index in [0.717, 1.165) is 10.4 Å². The SMILES string of the molecule is CCC(=O)Nc1sc(-c2ccccc2)cc1C(=O)NCCC(=O)O. The Hall–Kier alpha value is -2.67. The molecular weight excluding hydrogens is 328 g/mol. The summed E-state index contributed by atoms with van der Waals surface area (Å²) in [4.78, 5) is 35.4. The summed E-state index contributed by atoms with van der Waals surface area (Å²) in [6.07, 6.45) is 0.150. The zero-order valence-corrected chi connectivity index (χ0v) is 14.0. The van der Waals surface area contributed by atoms with Crippen LogP contribution in [0, 0.1) is 0 Å². The number of nitrogens with one attached hydrogen (secondary N) is 2. The van der Waals surface area contributed by atoms with Crippen LogP contribution in [0.15, 0.2) is 36.4 Å². The standard InChI is InChI=1S/C17H18N2O4S/c1-2-14(20)19-17-12(16(23)18-9-8-15(21)22)10-13(24-17)11-6-4-3-5-7-11/h3-7,10H,2,8-9H2,1H3,(H,18,23)(H,19,20)(H,21,22). The van der Waals surface area contributed by atoms with Crippen LogP contribution in [0.1, 0.15) is 30.1 Å². The molecule has 1 heterocycles. The van der Waals surface area contributed by atoms with Crippen LogP contribution in [0.2, 0.25) is 0 Å². The molecule has 0 aliphatic carbocycles. The van der Waals surface area contributed by atoms with Crippen LogP contribution in [-0.4, -0.2) is 29.4 Å². The second-order valence-electron chi connectivity index (χ2n) is 5.02. The number of hydrogen-bond acceptors (Lipinski definition) is 4. The number of carbonyl (C=O) groups is 3. The summed E-state index contributed by atoms with van der Waals surface area (Å²) < 4.78 is 0. The Morgan fingerprint density at radius 3 is 2.50 bits per heavy atom. The highest BCUT2D eigenvalue weighted by atomic mass is 32.1. The Morgan fingerprint density at radius 2 is 1.88 bits per heavy atom. The molecule has 24 heavy (non-hydrogen) atoms. The number of hydrogen-bond donors (Lipinski definition) is 3. The molecule has 0 aliphatic heterocycles. The molecule has 0 radical (unpaired) electrons. The molecule has 1 aromatic heterocycles. The fourth-order valence-corrected chi connectivity index (χ4v) is 3.07. The van der Waals surface area contributed by atoms with Crippen molar-refractivity contribution in [2.75, 3.05) is 11.9 Å². The summed E-state index contributed by atoms with van der Waals surface area (Å²) in [6, 6.07) is 11.2. The normalized spacial score (nSPS) is 10.2. The highest BCUT2D eigenvalue weighted by Gasteiger charge is 2.18. The molecule has 0 atom stereocenters. The van der Waals surface area contributed by atoms with E-state index >= 15 is 0 Å². The lowest BCUT2D eigenvalue weighted by molar-refractivity contribution is -0.136. The van der Waals surface area contributed by atoms with E-state index in [1.165, 1.54) is 11.3 Å². The van der Waals surface area contributed by atoms with E-state index in [-0.39, 0.29) is 18.9 Å². The number of thiophene rings is 1. The number of carbonyl (C=O) groups excluding carboxylic acids is 2. The Kier molecular flexibility index (Phi) is 6.08. The Balaban J connectivity index is 2.26. The maximum atomic E-state index is 12.3. The lowest BCUT2D eigenvalue weighted by atomic mass is 10.1. The first-order valence-corrected chi connectivity index (χ1v) is 8.32. The van der Waals surface area contributed by atoms with Gasteiger partial charge in [0.25, 0.3) is 5.91 Å². The van der Waals surface area contributed by atoms with Crippen LogP contribution in [-0.2, 0) is 9.59 Å². The average molecular weight is 346 g/mol. The van der Waals surface area contributed by atoms with Crippen molar-refractivity contribution in [3.05, 3.63) is 42.0 Å². The summed E-state index contributed by atoms with van der Waals surface area (Å²) >= 11 is 1.32. The van der Waals surface area contributed by atoms with Crippen molar-refractivity contribution in [3.63, 3.8) is 0 Å². The van der Waals surface area contributed by atoms with Crippen molar-refractivity contribution in [3.8, 4) is 10.4 Å². The fourth-order valence-electron chi connectivity index (χ4n) is 1.99. The Labute approximate surface area is 143 Å². The monoisotopic (exact) mass is 346 g/mol. The lowest BCUT2D eigenvalue weighted by Crippen LogP contribution is -2.26. The van der Waals surface area contributed by atoms with Crippen LogP contribution in [0.5, 0.6) is 0 Å². The number of amides is 2. The van der Waals surface area contributed by atoms with Gasteiger partial charge in [0.15, 0.2) is 0 Å². The van der Waals surface area contributed by atoms with Gasteiger partial charge in [0.05, 0.1) is 12.0 Å². The molecule has 126 valence electrons. The van der Waals surface area contributed by atoms with Gasteiger partial charge in [-0.2, -0.15) is 0 Å². The van der Waals surface area contributed by atoms with E-state index in [4.69, 9.17) is 5.11 Å². The van der Waals surface area contributed by atoms with Crippen molar-refractivity contribution >= 4 is 34.1 Å². The Bertz CT molecular complexity index is 740. The third-order valence-electron chi connectivity index (χ3n) is 3.23. The van der Waals surface area contributed by atoms with Gasteiger partial charge >= 0.3 is 5.97 Å². The van der Waals surface area contributed by atoms with Crippen LogP contribution < -0.4 is 10.6 Å². The first-order valence-electron chi connectivity index (χ1n) is 7.50. The molecule has 2 aromatic rings. The molecule has 6 nitrogen and oxygen atoms in total. The van der Waals surface area contributed by atoms with Crippen molar-refractivity contribution in [1.29, 1.82) is 0 Å². The van der Waals surface area contributed by atoms with Crippen molar-refractivity contribution < 1.29 is 19.5 Å². The molecule has 2 amide bonds. The van der Waals surface area contributed by atoms with Gasteiger partial charge in [-0.3, -0.25) is 14.4 Å².